The Morgan fingerprint density at radius 2 is 1.19 bits per heavy atom. The third-order valence-electron chi connectivity index (χ3n) is 4.36. The summed E-state index contributed by atoms with van der Waals surface area (Å²) in [6.07, 6.45) is 4.04. The van der Waals surface area contributed by atoms with Gasteiger partial charge in [0.05, 0.1) is 0 Å². The summed E-state index contributed by atoms with van der Waals surface area (Å²) >= 11 is 3.96. The number of hydrogen-bond donors (Lipinski definition) is 0. The van der Waals surface area contributed by atoms with E-state index in [1.807, 2.05) is 0 Å². The van der Waals surface area contributed by atoms with Gasteiger partial charge in [0.2, 0.25) is 0 Å². The summed E-state index contributed by atoms with van der Waals surface area (Å²) in [6.45, 7) is 16.7. The molecule has 16 heavy (non-hydrogen) atoms. The minimum atomic E-state index is 0.348. The molecule has 0 amide bonds. The van der Waals surface area contributed by atoms with Crippen LogP contribution in [0.25, 0.3) is 0 Å². The molecule has 96 valence electrons. The van der Waals surface area contributed by atoms with Crippen LogP contribution < -0.4 is 0 Å². The van der Waals surface area contributed by atoms with Crippen LogP contribution in [0.1, 0.15) is 67.7 Å². The van der Waals surface area contributed by atoms with Crippen LogP contribution in [0.15, 0.2) is 0 Å². The molecule has 2 unspecified atom stereocenters. The minimum absolute atomic E-state index is 0.348. The van der Waals surface area contributed by atoms with Gasteiger partial charge in [-0.05, 0) is 48.9 Å². The summed E-state index contributed by atoms with van der Waals surface area (Å²) in [5, 5.41) is 0. The summed E-state index contributed by atoms with van der Waals surface area (Å²) in [6, 6.07) is 0. The fourth-order valence-corrected chi connectivity index (χ4v) is 3.72. The van der Waals surface area contributed by atoms with Crippen LogP contribution in [0.4, 0.5) is 0 Å². The summed E-state index contributed by atoms with van der Waals surface area (Å²) in [7, 11) is 0. The van der Waals surface area contributed by atoms with Crippen LogP contribution in [-0.4, -0.2) is 4.32 Å². The molecule has 0 radical (unpaired) electrons. The molecule has 0 aromatic carbocycles. The number of rotatable bonds is 0. The average Bonchev–Trinajstić information content (AvgIpc) is 1.97. The topological polar surface area (TPSA) is 0 Å². The van der Waals surface area contributed by atoms with Gasteiger partial charge < -0.3 is 0 Å². The van der Waals surface area contributed by atoms with Gasteiger partial charge >= 0.3 is 0 Å². The van der Waals surface area contributed by atoms with Crippen LogP contribution in [0.3, 0.4) is 0 Å². The zero-order valence-corrected chi connectivity index (χ0v) is 13.7. The van der Waals surface area contributed by atoms with Crippen LogP contribution in [0.2, 0.25) is 0 Å². The molecular weight excluding hydrogens is 260 g/mol. The van der Waals surface area contributed by atoms with Gasteiger partial charge in [-0.15, -0.1) is 0 Å². The predicted octanol–water partition coefficient (Wildman–Crippen LogP) is 5.65. The smallest absolute Gasteiger partial charge is 0.0235 e. The van der Waals surface area contributed by atoms with Gasteiger partial charge in [-0.1, -0.05) is 57.5 Å². The van der Waals surface area contributed by atoms with E-state index >= 15 is 0 Å². The zero-order valence-electron chi connectivity index (χ0n) is 12.2. The Balaban J connectivity index is 2.86. The Morgan fingerprint density at radius 3 is 1.44 bits per heavy atom. The Morgan fingerprint density at radius 1 is 0.875 bits per heavy atom. The first-order valence-electron chi connectivity index (χ1n) is 6.61. The van der Waals surface area contributed by atoms with Gasteiger partial charge in [0.15, 0.2) is 0 Å². The fourth-order valence-electron chi connectivity index (χ4n) is 2.94. The highest BCUT2D eigenvalue weighted by atomic mass is 79.9. The predicted molar refractivity (Wildman–Crippen MR) is 77.1 cm³/mol. The van der Waals surface area contributed by atoms with Gasteiger partial charge in [0.1, 0.15) is 0 Å². The van der Waals surface area contributed by atoms with Crippen molar-refractivity contribution in [2.75, 3.05) is 0 Å². The van der Waals surface area contributed by atoms with Crippen molar-refractivity contribution in [1.82, 2.24) is 0 Å². The first kappa shape index (κ1) is 14.5. The summed E-state index contributed by atoms with van der Waals surface area (Å²) < 4.78 is 0.348. The monoisotopic (exact) mass is 288 g/mol. The van der Waals surface area contributed by atoms with Crippen molar-refractivity contribution in [3.05, 3.63) is 0 Å². The van der Waals surface area contributed by atoms with Crippen LogP contribution in [-0.2, 0) is 0 Å². The Kier molecular flexibility index (Phi) is 3.91. The first-order chi connectivity index (χ1) is 6.92. The number of alkyl halides is 1. The lowest BCUT2D eigenvalue weighted by Gasteiger charge is -2.48. The van der Waals surface area contributed by atoms with Crippen molar-refractivity contribution in [2.24, 2.45) is 22.7 Å². The molecule has 0 heterocycles. The summed E-state index contributed by atoms with van der Waals surface area (Å²) in [5.74, 6) is 1.68. The molecule has 0 aromatic heterocycles. The van der Waals surface area contributed by atoms with E-state index < -0.39 is 0 Å². The van der Waals surface area contributed by atoms with E-state index in [1.165, 1.54) is 19.3 Å². The van der Waals surface area contributed by atoms with Crippen molar-refractivity contribution in [2.45, 2.75) is 72.1 Å². The molecule has 1 saturated carbocycles. The molecule has 0 saturated heterocycles. The van der Waals surface area contributed by atoms with E-state index in [0.717, 1.165) is 11.8 Å². The van der Waals surface area contributed by atoms with Crippen molar-refractivity contribution in [3.63, 3.8) is 0 Å². The quantitative estimate of drug-likeness (QED) is 0.506. The third kappa shape index (κ3) is 3.75. The average molecular weight is 289 g/mol. The molecular formula is C15H29Br. The summed E-state index contributed by atoms with van der Waals surface area (Å²) in [5.41, 5.74) is 0.887. The second-order valence-electron chi connectivity index (χ2n) is 8.18. The molecule has 0 aliphatic heterocycles. The fraction of sp³-hybridized carbons (Fsp3) is 1.00. The van der Waals surface area contributed by atoms with Crippen LogP contribution in [0.5, 0.6) is 0 Å². The van der Waals surface area contributed by atoms with E-state index in [1.54, 1.807) is 0 Å². The maximum atomic E-state index is 3.96. The number of hydrogen-bond acceptors (Lipinski definition) is 0. The molecule has 0 aromatic rings. The van der Waals surface area contributed by atoms with E-state index in [2.05, 4.69) is 64.4 Å². The molecule has 2 atom stereocenters. The maximum Gasteiger partial charge on any atom is 0.0235 e. The highest BCUT2D eigenvalue weighted by Crippen LogP contribution is 2.52. The molecule has 1 aliphatic carbocycles. The van der Waals surface area contributed by atoms with Crippen LogP contribution in [0, 0.1) is 22.7 Å². The van der Waals surface area contributed by atoms with Crippen molar-refractivity contribution in [3.8, 4) is 0 Å². The molecule has 1 aliphatic rings. The van der Waals surface area contributed by atoms with Crippen molar-refractivity contribution < 1.29 is 0 Å². The highest BCUT2D eigenvalue weighted by molar-refractivity contribution is 9.10. The van der Waals surface area contributed by atoms with E-state index in [4.69, 9.17) is 0 Å². The van der Waals surface area contributed by atoms with Gasteiger partial charge in [-0.2, -0.15) is 0 Å². The number of halogens is 1. The van der Waals surface area contributed by atoms with E-state index in [9.17, 15) is 0 Å². The molecule has 0 nitrogen and oxygen atoms in total. The van der Waals surface area contributed by atoms with Gasteiger partial charge in [-0.25, -0.2) is 0 Å². The third-order valence-corrected chi connectivity index (χ3v) is 5.01. The normalized spacial score (nSPS) is 37.5. The maximum absolute atomic E-state index is 3.96. The van der Waals surface area contributed by atoms with Crippen LogP contribution >= 0.6 is 15.9 Å². The van der Waals surface area contributed by atoms with Gasteiger partial charge in [-0.3, -0.25) is 0 Å². The lowest BCUT2D eigenvalue weighted by molar-refractivity contribution is 0.0677. The standard InChI is InChI=1S/C15H29Br/c1-13(2,3)11-8-12(14(4,5)6)10-15(7,16)9-11/h11-12H,8-10H2,1-7H3. The molecule has 1 fully saturated rings. The van der Waals surface area contributed by atoms with Gasteiger partial charge in [0, 0.05) is 4.32 Å². The van der Waals surface area contributed by atoms with Crippen molar-refractivity contribution >= 4 is 15.9 Å². The Bertz CT molecular complexity index is 215. The first-order valence-corrected chi connectivity index (χ1v) is 7.40. The molecule has 1 rings (SSSR count). The molecule has 0 spiro atoms. The minimum Gasteiger partial charge on any atom is -0.0856 e. The van der Waals surface area contributed by atoms with Crippen molar-refractivity contribution in [1.29, 1.82) is 0 Å². The van der Waals surface area contributed by atoms with E-state index in [-0.39, 0.29) is 0 Å². The SMILES string of the molecule is CC1(Br)CC(C(C)(C)C)CC(C(C)(C)C)C1. The van der Waals surface area contributed by atoms with E-state index in [0.29, 0.717) is 15.2 Å². The highest BCUT2D eigenvalue weighted by Gasteiger charge is 2.43. The molecule has 1 heteroatoms. The van der Waals surface area contributed by atoms with Gasteiger partial charge in [0.25, 0.3) is 0 Å². The summed E-state index contributed by atoms with van der Waals surface area (Å²) in [4.78, 5) is 0. The lowest BCUT2D eigenvalue weighted by atomic mass is 9.60. The zero-order chi connectivity index (χ0) is 12.8. The second kappa shape index (κ2) is 4.30. The Labute approximate surface area is 111 Å². The molecule has 0 N–H and O–H groups in total. The Hall–Kier alpha value is 0.480. The second-order valence-corrected chi connectivity index (χ2v) is 10.1. The largest absolute Gasteiger partial charge is 0.0856 e. The molecule has 0 bridgehead atoms. The lowest BCUT2D eigenvalue weighted by Crippen LogP contribution is -2.41.